The van der Waals surface area contributed by atoms with Crippen molar-refractivity contribution in [2.45, 2.75) is 126 Å². The highest BCUT2D eigenvalue weighted by atomic mass is 15.2. The number of fused-ring (bicyclic) bond motifs is 1. The Balaban J connectivity index is 0.000000192. The molecule has 41 heavy (non-hydrogen) atoms. The molecule has 2 fully saturated rings. The van der Waals surface area contributed by atoms with Crippen LogP contribution in [-0.4, -0.2) is 81.6 Å². The van der Waals surface area contributed by atoms with E-state index in [1.54, 1.807) is 5.57 Å². The summed E-state index contributed by atoms with van der Waals surface area (Å²) in [7, 11) is 0. The van der Waals surface area contributed by atoms with Gasteiger partial charge in [-0.15, -0.1) is 0 Å². The Morgan fingerprint density at radius 2 is 1.24 bits per heavy atom. The van der Waals surface area contributed by atoms with Crippen LogP contribution in [0.25, 0.3) is 11.0 Å². The molecule has 1 unspecified atom stereocenters. The molecule has 0 saturated carbocycles. The molecule has 2 aromatic rings. The molecule has 0 N–H and O–H groups in total. The van der Waals surface area contributed by atoms with E-state index in [4.69, 9.17) is 0 Å². The zero-order valence-electron chi connectivity index (χ0n) is 28.7. The first kappa shape index (κ1) is 35.5. The van der Waals surface area contributed by atoms with Crippen LogP contribution in [0.4, 0.5) is 0 Å². The first-order valence-corrected chi connectivity index (χ1v) is 16.7. The average Bonchev–Trinajstić information content (AvgIpc) is 3.57. The molecule has 2 saturated heterocycles. The standard InChI is InChI=1S/C10H12N2.C9H19N.C9H17N.C8H17N/c1-8(2)12-7-11-9-5-3-4-6-10(9)12;2*1-8(2)10-6-4-9(3)5-7-10;1-7(2)9-5-4-8(3)6-9/h3-8H,1-2H3;8-9H,4-7H2,1-3H3;4,8H,5-7H2,1-3H3;7-8H,4-6H2,1-3H3. The number of imidazole rings is 1. The topological polar surface area (TPSA) is 27.5 Å². The molecule has 0 amide bonds. The van der Waals surface area contributed by atoms with Crippen LogP contribution in [0.15, 0.2) is 42.2 Å². The molecule has 234 valence electrons. The van der Waals surface area contributed by atoms with E-state index in [2.05, 4.69) is 113 Å². The van der Waals surface area contributed by atoms with Crippen molar-refractivity contribution in [1.82, 2.24) is 24.3 Å². The highest BCUT2D eigenvalue weighted by Crippen LogP contribution is 2.18. The van der Waals surface area contributed by atoms with Crippen molar-refractivity contribution >= 4 is 11.0 Å². The van der Waals surface area contributed by atoms with Gasteiger partial charge in [-0.3, -0.25) is 4.90 Å². The molecular formula is C36H65N5. The Bertz CT molecular complexity index is 996. The number of piperidine rings is 1. The Hall–Kier alpha value is -1.69. The van der Waals surface area contributed by atoms with E-state index in [0.29, 0.717) is 12.1 Å². The molecule has 0 aliphatic carbocycles. The number of hydrogen-bond donors (Lipinski definition) is 0. The third-order valence-corrected chi connectivity index (χ3v) is 8.97. The summed E-state index contributed by atoms with van der Waals surface area (Å²) < 4.78 is 2.18. The number of benzene rings is 1. The Morgan fingerprint density at radius 1 is 0.683 bits per heavy atom. The number of aromatic nitrogens is 2. The summed E-state index contributed by atoms with van der Waals surface area (Å²) in [5.41, 5.74) is 3.84. The van der Waals surface area contributed by atoms with Crippen molar-refractivity contribution in [3.05, 3.63) is 42.2 Å². The van der Waals surface area contributed by atoms with Crippen LogP contribution in [0.5, 0.6) is 0 Å². The first-order chi connectivity index (χ1) is 19.4. The maximum Gasteiger partial charge on any atom is 0.0960 e. The summed E-state index contributed by atoms with van der Waals surface area (Å²) in [5.74, 6) is 1.90. The van der Waals surface area contributed by atoms with Gasteiger partial charge in [0, 0.05) is 43.8 Å². The minimum Gasteiger partial charge on any atom is -0.328 e. The first-order valence-electron chi connectivity index (χ1n) is 16.7. The molecular weight excluding hydrogens is 502 g/mol. The molecule has 3 aliphatic heterocycles. The molecule has 5 nitrogen and oxygen atoms in total. The number of likely N-dealkylation sites (tertiary alicyclic amines) is 2. The second kappa shape index (κ2) is 18.1. The van der Waals surface area contributed by atoms with Gasteiger partial charge in [-0.2, -0.15) is 0 Å². The average molecular weight is 568 g/mol. The fourth-order valence-electron chi connectivity index (χ4n) is 5.63. The van der Waals surface area contributed by atoms with Crippen molar-refractivity contribution in [3.8, 4) is 0 Å². The van der Waals surface area contributed by atoms with Crippen LogP contribution in [0.2, 0.25) is 0 Å². The molecule has 1 atom stereocenters. The van der Waals surface area contributed by atoms with Gasteiger partial charge < -0.3 is 14.4 Å². The molecule has 5 heteroatoms. The largest absolute Gasteiger partial charge is 0.328 e. The van der Waals surface area contributed by atoms with Crippen molar-refractivity contribution in [2.24, 2.45) is 11.8 Å². The Labute approximate surface area is 254 Å². The fourth-order valence-corrected chi connectivity index (χ4v) is 5.63. The minimum atomic E-state index is 0.484. The van der Waals surface area contributed by atoms with E-state index >= 15 is 0 Å². The zero-order chi connectivity index (χ0) is 30.5. The van der Waals surface area contributed by atoms with Crippen molar-refractivity contribution in [2.75, 3.05) is 39.3 Å². The SMILES string of the molecule is CC(C)n1cnc2ccccc21.CC1=CCN(C(C)C)CC1.CC1CCN(C(C)C)C1.CC1CCN(C(C)C)CC1. The van der Waals surface area contributed by atoms with E-state index < -0.39 is 0 Å². The van der Waals surface area contributed by atoms with Gasteiger partial charge in [-0.25, -0.2) is 4.98 Å². The lowest BCUT2D eigenvalue weighted by Gasteiger charge is -2.33. The highest BCUT2D eigenvalue weighted by molar-refractivity contribution is 5.75. The monoisotopic (exact) mass is 568 g/mol. The predicted molar refractivity (Wildman–Crippen MR) is 181 cm³/mol. The lowest BCUT2D eigenvalue weighted by molar-refractivity contribution is 0.156. The van der Waals surface area contributed by atoms with Gasteiger partial charge >= 0.3 is 0 Å². The van der Waals surface area contributed by atoms with Gasteiger partial charge in [0.15, 0.2) is 0 Å². The number of rotatable bonds is 4. The van der Waals surface area contributed by atoms with Crippen LogP contribution in [-0.2, 0) is 0 Å². The minimum absolute atomic E-state index is 0.484. The molecule has 1 aromatic carbocycles. The molecule has 0 radical (unpaired) electrons. The maximum atomic E-state index is 4.30. The van der Waals surface area contributed by atoms with Crippen LogP contribution >= 0.6 is 0 Å². The normalized spacial score (nSPS) is 21.0. The van der Waals surface area contributed by atoms with E-state index in [0.717, 1.165) is 36.0 Å². The highest BCUT2D eigenvalue weighted by Gasteiger charge is 2.20. The third kappa shape index (κ3) is 12.6. The van der Waals surface area contributed by atoms with E-state index in [-0.39, 0.29) is 0 Å². The zero-order valence-corrected chi connectivity index (χ0v) is 28.7. The Morgan fingerprint density at radius 3 is 1.71 bits per heavy atom. The lowest BCUT2D eigenvalue weighted by atomic mass is 9.98. The smallest absolute Gasteiger partial charge is 0.0960 e. The van der Waals surface area contributed by atoms with Crippen LogP contribution in [0, 0.1) is 11.8 Å². The fraction of sp³-hybridized carbons (Fsp3) is 0.750. The van der Waals surface area contributed by atoms with E-state index in [1.807, 2.05) is 24.5 Å². The summed E-state index contributed by atoms with van der Waals surface area (Å²) in [4.78, 5) is 11.9. The van der Waals surface area contributed by atoms with Gasteiger partial charge in [0.1, 0.15) is 0 Å². The van der Waals surface area contributed by atoms with Gasteiger partial charge in [0.05, 0.1) is 17.4 Å². The second-order valence-electron chi connectivity index (χ2n) is 13.9. The lowest BCUT2D eigenvalue weighted by Crippen LogP contribution is -2.37. The maximum absolute atomic E-state index is 4.30. The van der Waals surface area contributed by atoms with Crippen molar-refractivity contribution < 1.29 is 0 Å². The second-order valence-corrected chi connectivity index (χ2v) is 13.9. The predicted octanol–water partition coefficient (Wildman–Crippen LogP) is 8.53. The molecule has 5 rings (SSSR count). The summed E-state index contributed by atoms with van der Waals surface area (Å²) in [5, 5.41) is 0. The number of nitrogens with zero attached hydrogens (tertiary/aromatic N) is 5. The quantitative estimate of drug-likeness (QED) is 0.346. The molecule has 0 bridgehead atoms. The third-order valence-electron chi connectivity index (χ3n) is 8.97. The van der Waals surface area contributed by atoms with Gasteiger partial charge in [0.2, 0.25) is 0 Å². The van der Waals surface area contributed by atoms with Crippen molar-refractivity contribution in [3.63, 3.8) is 0 Å². The molecule has 1 aromatic heterocycles. The summed E-state index contributed by atoms with van der Waals surface area (Å²) in [6, 6.07) is 10.9. The van der Waals surface area contributed by atoms with Crippen LogP contribution in [0.3, 0.4) is 0 Å². The van der Waals surface area contributed by atoms with E-state index in [9.17, 15) is 0 Å². The van der Waals surface area contributed by atoms with Gasteiger partial charge in [0.25, 0.3) is 0 Å². The molecule has 0 spiro atoms. The Kier molecular flexibility index (Phi) is 15.7. The van der Waals surface area contributed by atoms with Crippen molar-refractivity contribution in [1.29, 1.82) is 0 Å². The number of para-hydroxylation sites is 2. The van der Waals surface area contributed by atoms with Gasteiger partial charge in [-0.05, 0) is 132 Å². The summed E-state index contributed by atoms with van der Waals surface area (Å²) in [6.07, 6.45) is 9.70. The van der Waals surface area contributed by atoms with Crippen LogP contribution < -0.4 is 0 Å². The molecule has 4 heterocycles. The van der Waals surface area contributed by atoms with E-state index in [1.165, 1.54) is 63.9 Å². The number of hydrogen-bond acceptors (Lipinski definition) is 4. The summed E-state index contributed by atoms with van der Waals surface area (Å²) >= 11 is 0. The summed E-state index contributed by atoms with van der Waals surface area (Å²) in [6.45, 7) is 32.6. The molecule has 3 aliphatic rings. The van der Waals surface area contributed by atoms with Gasteiger partial charge in [-0.1, -0.05) is 37.6 Å². The van der Waals surface area contributed by atoms with Crippen LogP contribution in [0.1, 0.15) is 108 Å².